The van der Waals surface area contributed by atoms with Crippen molar-refractivity contribution in [3.8, 4) is 11.5 Å². The van der Waals surface area contributed by atoms with Gasteiger partial charge in [0.1, 0.15) is 17.5 Å². The lowest BCUT2D eigenvalue weighted by atomic mass is 9.89. The van der Waals surface area contributed by atoms with Crippen molar-refractivity contribution in [1.82, 2.24) is 4.57 Å². The SMILES string of the molecule is CCOC(=O)C1=C(c2ccccc2)N=c2s/c(=C\c3c(OCC)ccc4ccccc34)c(=O)n2[C@H]1c1c(OC)ccc2ccccc12. The first-order valence-electron chi connectivity index (χ1n) is 15.5. The second-order valence-electron chi connectivity index (χ2n) is 11.0. The highest BCUT2D eigenvalue weighted by Gasteiger charge is 2.37. The summed E-state index contributed by atoms with van der Waals surface area (Å²) in [6.45, 7) is 4.34. The number of nitrogens with zero attached hydrogens (tertiary/aromatic N) is 2. The van der Waals surface area contributed by atoms with E-state index in [4.69, 9.17) is 19.2 Å². The van der Waals surface area contributed by atoms with E-state index in [1.165, 1.54) is 11.3 Å². The fraction of sp³-hybridized carbons (Fsp3) is 0.154. The number of ether oxygens (including phenoxy) is 3. The summed E-state index contributed by atoms with van der Waals surface area (Å²) in [6, 6.07) is 32.4. The third-order valence-electron chi connectivity index (χ3n) is 8.30. The van der Waals surface area contributed by atoms with Crippen molar-refractivity contribution < 1.29 is 19.0 Å². The first-order valence-corrected chi connectivity index (χ1v) is 16.3. The molecule has 5 aromatic carbocycles. The predicted octanol–water partition coefficient (Wildman–Crippen LogP) is 6.65. The van der Waals surface area contributed by atoms with E-state index in [1.54, 1.807) is 18.6 Å². The summed E-state index contributed by atoms with van der Waals surface area (Å²) in [5, 5.41) is 3.80. The zero-order chi connectivity index (χ0) is 32.5. The molecule has 7 rings (SSSR count). The molecule has 0 radical (unpaired) electrons. The van der Waals surface area contributed by atoms with Crippen LogP contribution in [0.25, 0.3) is 33.3 Å². The Bertz CT molecular complexity index is 2370. The Morgan fingerprint density at radius 2 is 1.49 bits per heavy atom. The predicted molar refractivity (Wildman–Crippen MR) is 187 cm³/mol. The summed E-state index contributed by atoms with van der Waals surface area (Å²) in [4.78, 5) is 34.3. The lowest BCUT2D eigenvalue weighted by Gasteiger charge is -2.28. The average molecular weight is 641 g/mol. The largest absolute Gasteiger partial charge is 0.496 e. The third kappa shape index (κ3) is 5.30. The van der Waals surface area contributed by atoms with Crippen molar-refractivity contribution in [2.45, 2.75) is 19.9 Å². The molecule has 0 fully saturated rings. The fourth-order valence-electron chi connectivity index (χ4n) is 6.29. The van der Waals surface area contributed by atoms with Crippen molar-refractivity contribution in [3.63, 3.8) is 0 Å². The minimum atomic E-state index is -0.886. The molecule has 0 amide bonds. The Morgan fingerprint density at radius 3 is 2.19 bits per heavy atom. The van der Waals surface area contributed by atoms with Gasteiger partial charge in [-0.15, -0.1) is 0 Å². The highest BCUT2D eigenvalue weighted by molar-refractivity contribution is 7.07. The minimum Gasteiger partial charge on any atom is -0.496 e. The maximum Gasteiger partial charge on any atom is 0.338 e. The highest BCUT2D eigenvalue weighted by atomic mass is 32.1. The van der Waals surface area contributed by atoms with Gasteiger partial charge in [-0.1, -0.05) is 102 Å². The molecule has 0 N–H and O–H groups in total. The number of carbonyl (C=O) groups excluding carboxylic acids is 1. The molecule has 1 aliphatic heterocycles. The van der Waals surface area contributed by atoms with Gasteiger partial charge in [0.25, 0.3) is 5.56 Å². The molecular weight excluding hydrogens is 609 g/mol. The van der Waals surface area contributed by atoms with Crippen LogP contribution in [0.5, 0.6) is 11.5 Å². The number of hydrogen-bond acceptors (Lipinski definition) is 7. The van der Waals surface area contributed by atoms with Crippen LogP contribution in [0, 0.1) is 0 Å². The van der Waals surface area contributed by atoms with Crippen LogP contribution in [0.15, 0.2) is 118 Å². The molecule has 0 saturated carbocycles. The quantitative estimate of drug-likeness (QED) is 0.174. The summed E-state index contributed by atoms with van der Waals surface area (Å²) in [7, 11) is 1.60. The number of carbonyl (C=O) groups is 1. The van der Waals surface area contributed by atoms with Gasteiger partial charge in [-0.3, -0.25) is 9.36 Å². The number of methoxy groups -OCH3 is 1. The van der Waals surface area contributed by atoms with E-state index in [9.17, 15) is 9.59 Å². The van der Waals surface area contributed by atoms with E-state index in [-0.39, 0.29) is 17.7 Å². The normalized spacial score (nSPS) is 14.6. The molecule has 0 spiro atoms. The fourth-order valence-corrected chi connectivity index (χ4v) is 7.27. The smallest absolute Gasteiger partial charge is 0.338 e. The Morgan fingerprint density at radius 1 is 0.830 bits per heavy atom. The van der Waals surface area contributed by atoms with Crippen molar-refractivity contribution in [3.05, 3.63) is 145 Å². The highest BCUT2D eigenvalue weighted by Crippen LogP contribution is 2.42. The van der Waals surface area contributed by atoms with Gasteiger partial charge in [-0.05, 0) is 53.6 Å². The number of thiazole rings is 1. The van der Waals surface area contributed by atoms with Gasteiger partial charge in [0.2, 0.25) is 0 Å². The molecule has 1 atom stereocenters. The number of aromatic nitrogens is 1. The van der Waals surface area contributed by atoms with E-state index in [0.29, 0.717) is 38.7 Å². The molecule has 6 aromatic rings. The summed E-state index contributed by atoms with van der Waals surface area (Å²) in [5.74, 6) is 0.686. The molecule has 8 heteroatoms. The van der Waals surface area contributed by atoms with E-state index in [0.717, 1.165) is 32.7 Å². The van der Waals surface area contributed by atoms with Gasteiger partial charge in [0.15, 0.2) is 4.80 Å². The average Bonchev–Trinajstić information content (AvgIpc) is 3.42. The maximum absolute atomic E-state index is 14.7. The van der Waals surface area contributed by atoms with Crippen LogP contribution >= 0.6 is 11.3 Å². The van der Waals surface area contributed by atoms with Gasteiger partial charge < -0.3 is 14.2 Å². The number of benzene rings is 5. The summed E-state index contributed by atoms with van der Waals surface area (Å²) >= 11 is 1.28. The van der Waals surface area contributed by atoms with Gasteiger partial charge in [0, 0.05) is 16.7 Å². The van der Waals surface area contributed by atoms with Crippen molar-refractivity contribution in [2.24, 2.45) is 4.99 Å². The Balaban J connectivity index is 1.61. The van der Waals surface area contributed by atoms with Crippen LogP contribution in [0.4, 0.5) is 0 Å². The zero-order valence-corrected chi connectivity index (χ0v) is 27.0. The van der Waals surface area contributed by atoms with Crippen LogP contribution in [-0.4, -0.2) is 30.9 Å². The molecule has 1 aromatic heterocycles. The van der Waals surface area contributed by atoms with Crippen LogP contribution in [0.3, 0.4) is 0 Å². The first kappa shape index (κ1) is 30.2. The van der Waals surface area contributed by atoms with Crippen molar-refractivity contribution in [2.75, 3.05) is 20.3 Å². The Kier molecular flexibility index (Phi) is 8.18. The summed E-state index contributed by atoms with van der Waals surface area (Å²) < 4.78 is 19.7. The van der Waals surface area contributed by atoms with E-state index in [1.807, 2.05) is 116 Å². The molecule has 2 heterocycles. The molecule has 47 heavy (non-hydrogen) atoms. The molecule has 0 saturated heterocycles. The second kappa shape index (κ2) is 12.7. The number of hydrogen-bond donors (Lipinski definition) is 0. The molecule has 1 aliphatic rings. The Labute approximate surface area is 275 Å². The van der Waals surface area contributed by atoms with Gasteiger partial charge >= 0.3 is 5.97 Å². The topological polar surface area (TPSA) is 79.1 Å². The van der Waals surface area contributed by atoms with Crippen LogP contribution in [-0.2, 0) is 9.53 Å². The van der Waals surface area contributed by atoms with Crippen molar-refractivity contribution in [1.29, 1.82) is 0 Å². The minimum absolute atomic E-state index is 0.162. The molecular formula is C39H32N2O5S. The lowest BCUT2D eigenvalue weighted by Crippen LogP contribution is -2.40. The number of rotatable bonds is 8. The summed E-state index contributed by atoms with van der Waals surface area (Å²) in [6.07, 6.45) is 1.88. The zero-order valence-electron chi connectivity index (χ0n) is 26.2. The molecule has 0 bridgehead atoms. The monoisotopic (exact) mass is 640 g/mol. The Hall–Kier alpha value is -5.47. The van der Waals surface area contributed by atoms with Crippen LogP contribution < -0.4 is 24.4 Å². The first-order chi connectivity index (χ1) is 23.0. The van der Waals surface area contributed by atoms with E-state index in [2.05, 4.69) is 0 Å². The van der Waals surface area contributed by atoms with Crippen LogP contribution in [0.2, 0.25) is 0 Å². The number of esters is 1. The maximum atomic E-state index is 14.7. The number of fused-ring (bicyclic) bond motifs is 3. The molecule has 0 unspecified atom stereocenters. The molecule has 7 nitrogen and oxygen atoms in total. The van der Waals surface area contributed by atoms with Crippen LogP contribution in [0.1, 0.15) is 36.6 Å². The standard InChI is InChI=1S/C39H32N2O5S/c1-4-45-30-21-19-24-13-9-11-17-27(24)29(30)23-32-37(42)41-36(33-28-18-12-10-14-25(28)20-22-31(33)44-3)34(38(43)46-5-2)35(40-39(41)47-32)26-15-7-6-8-16-26/h6-23,36H,4-5H2,1-3H3/b32-23-/t36-/m0/s1. The van der Waals surface area contributed by atoms with Gasteiger partial charge in [-0.25, -0.2) is 9.79 Å². The van der Waals surface area contributed by atoms with E-state index >= 15 is 0 Å². The van der Waals surface area contributed by atoms with Crippen molar-refractivity contribution >= 4 is 50.6 Å². The molecule has 234 valence electrons. The summed E-state index contributed by atoms with van der Waals surface area (Å²) in [5.41, 5.74) is 2.68. The van der Waals surface area contributed by atoms with E-state index < -0.39 is 12.0 Å². The second-order valence-corrected chi connectivity index (χ2v) is 12.0. The molecule has 0 aliphatic carbocycles. The lowest BCUT2D eigenvalue weighted by molar-refractivity contribution is -0.138. The third-order valence-corrected chi connectivity index (χ3v) is 9.29. The van der Waals surface area contributed by atoms with Gasteiger partial charge in [0.05, 0.1) is 36.1 Å². The van der Waals surface area contributed by atoms with Gasteiger partial charge in [-0.2, -0.15) is 0 Å².